The topological polar surface area (TPSA) is 0 Å². The van der Waals surface area contributed by atoms with Crippen molar-refractivity contribution in [3.05, 3.63) is 35.4 Å². The van der Waals surface area contributed by atoms with Crippen LogP contribution in [0, 0.1) is 13.8 Å². The van der Waals surface area contributed by atoms with Crippen molar-refractivity contribution >= 4 is 0 Å². The largest absolute Gasteiger partial charge is 0.269 e. The summed E-state index contributed by atoms with van der Waals surface area (Å²) in [5.74, 6) is 0. The molecule has 0 saturated carbocycles. The van der Waals surface area contributed by atoms with Gasteiger partial charge in [0.15, 0.2) is 0 Å². The van der Waals surface area contributed by atoms with Crippen molar-refractivity contribution in [3.8, 4) is 0 Å². The van der Waals surface area contributed by atoms with Crippen LogP contribution in [0.4, 0.5) is 9.41 Å². The predicted molar refractivity (Wildman–Crippen MR) is 40.9 cm³/mol. The minimum Gasteiger partial charge on any atom is -0.269 e. The summed E-state index contributed by atoms with van der Waals surface area (Å²) in [6.07, 6.45) is 0. The number of aryl methyl sites for hydroxylation is 2. The van der Waals surface area contributed by atoms with Crippen LogP contribution >= 0.6 is 0 Å². The van der Waals surface area contributed by atoms with Crippen molar-refractivity contribution in [2.75, 3.05) is 0 Å². The molecule has 0 nitrogen and oxygen atoms in total. The molecule has 2 heteroatoms. The molecular weight excluding hydrogens is 134 g/mol. The molecule has 0 amide bonds. The lowest BCUT2D eigenvalue weighted by molar-refractivity contribution is 1.11. The number of hydrogen-bond donors (Lipinski definition) is 0. The molecule has 0 heterocycles. The van der Waals surface area contributed by atoms with Gasteiger partial charge in [-0.15, -0.1) is 0 Å². The van der Waals surface area contributed by atoms with Crippen LogP contribution in [-0.4, -0.2) is 0 Å². The first-order valence-electron chi connectivity index (χ1n) is 2.82. The highest BCUT2D eigenvalue weighted by Gasteiger charge is 1.80. The zero-order valence-electron chi connectivity index (χ0n) is 6.13. The fourth-order valence-electron chi connectivity index (χ4n) is 0.807. The second-order valence-corrected chi connectivity index (χ2v) is 2.16. The van der Waals surface area contributed by atoms with Gasteiger partial charge in [0, 0.05) is 0 Å². The molecule has 0 atom stereocenters. The van der Waals surface area contributed by atoms with E-state index in [-0.39, 0.29) is 9.41 Å². The Bertz CT molecular complexity index is 167. The number of rotatable bonds is 0. The molecule has 58 valence electrons. The van der Waals surface area contributed by atoms with Crippen LogP contribution in [0.15, 0.2) is 24.3 Å². The molecular formula is C8H12F2. The Morgan fingerprint density at radius 3 is 1.50 bits per heavy atom. The summed E-state index contributed by atoms with van der Waals surface area (Å²) in [5.41, 5.74) is 2.68. The first kappa shape index (κ1) is 11.8. The predicted octanol–water partition coefficient (Wildman–Crippen LogP) is 2.61. The van der Waals surface area contributed by atoms with E-state index < -0.39 is 0 Å². The van der Waals surface area contributed by atoms with E-state index in [0.717, 1.165) is 0 Å². The van der Waals surface area contributed by atoms with Crippen LogP contribution < -0.4 is 0 Å². The molecule has 0 bridgehead atoms. The van der Waals surface area contributed by atoms with Crippen LogP contribution in [-0.2, 0) is 0 Å². The maximum absolute atomic E-state index is 2.17. The zero-order valence-corrected chi connectivity index (χ0v) is 6.13. The van der Waals surface area contributed by atoms with Crippen molar-refractivity contribution in [2.45, 2.75) is 13.8 Å². The Morgan fingerprint density at radius 1 is 0.900 bits per heavy atom. The van der Waals surface area contributed by atoms with Gasteiger partial charge in [0.25, 0.3) is 0 Å². The summed E-state index contributed by atoms with van der Waals surface area (Å²) in [6.45, 7) is 4.21. The summed E-state index contributed by atoms with van der Waals surface area (Å²) in [7, 11) is 0. The Morgan fingerprint density at radius 2 is 1.30 bits per heavy atom. The van der Waals surface area contributed by atoms with Crippen molar-refractivity contribution in [1.29, 1.82) is 0 Å². The highest BCUT2D eigenvalue weighted by Crippen LogP contribution is 2.00. The Kier molecular flexibility index (Phi) is 5.81. The SMILES string of the molecule is Cc1cccc(C)c1.F.F. The lowest BCUT2D eigenvalue weighted by Gasteiger charge is -1.90. The minimum atomic E-state index is 0. The average molecular weight is 146 g/mol. The second-order valence-electron chi connectivity index (χ2n) is 2.16. The third-order valence-corrected chi connectivity index (χ3v) is 1.17. The fraction of sp³-hybridized carbons (Fsp3) is 0.250. The number of hydrogen-bond acceptors (Lipinski definition) is 0. The number of halogens is 2. The van der Waals surface area contributed by atoms with E-state index in [1.165, 1.54) is 11.1 Å². The fourth-order valence-corrected chi connectivity index (χ4v) is 0.807. The summed E-state index contributed by atoms with van der Waals surface area (Å²) in [4.78, 5) is 0. The first-order chi connectivity index (χ1) is 3.79. The summed E-state index contributed by atoms with van der Waals surface area (Å²) in [5, 5.41) is 0. The van der Waals surface area contributed by atoms with E-state index >= 15 is 0 Å². The van der Waals surface area contributed by atoms with Crippen molar-refractivity contribution < 1.29 is 9.41 Å². The van der Waals surface area contributed by atoms with Gasteiger partial charge in [-0.2, -0.15) is 0 Å². The highest BCUT2D eigenvalue weighted by molar-refractivity contribution is 5.20. The molecule has 10 heavy (non-hydrogen) atoms. The third kappa shape index (κ3) is 3.17. The Balaban J connectivity index is 0. The smallest absolute Gasteiger partial charge is 0.0398 e. The molecule has 0 radical (unpaired) electrons. The number of benzene rings is 1. The van der Waals surface area contributed by atoms with Gasteiger partial charge in [0.05, 0.1) is 0 Å². The van der Waals surface area contributed by atoms with E-state index in [0.29, 0.717) is 0 Å². The molecule has 0 aliphatic heterocycles. The van der Waals surface area contributed by atoms with Gasteiger partial charge in [-0.1, -0.05) is 35.4 Å². The van der Waals surface area contributed by atoms with Crippen LogP contribution in [0.1, 0.15) is 11.1 Å². The Labute approximate surface area is 59.6 Å². The quantitative estimate of drug-likeness (QED) is 0.527. The first-order valence-corrected chi connectivity index (χ1v) is 2.82. The van der Waals surface area contributed by atoms with Crippen LogP contribution in [0.2, 0.25) is 0 Å². The van der Waals surface area contributed by atoms with E-state index in [2.05, 4.69) is 38.1 Å². The normalized spacial score (nSPS) is 7.40. The van der Waals surface area contributed by atoms with Gasteiger partial charge >= 0.3 is 0 Å². The van der Waals surface area contributed by atoms with Gasteiger partial charge < -0.3 is 0 Å². The van der Waals surface area contributed by atoms with E-state index in [1.807, 2.05) is 0 Å². The average Bonchev–Trinajstić information content (AvgIpc) is 1.64. The van der Waals surface area contributed by atoms with Crippen molar-refractivity contribution in [2.24, 2.45) is 0 Å². The van der Waals surface area contributed by atoms with Gasteiger partial charge in [-0.3, -0.25) is 9.41 Å². The van der Waals surface area contributed by atoms with Crippen LogP contribution in [0.25, 0.3) is 0 Å². The molecule has 0 aliphatic carbocycles. The van der Waals surface area contributed by atoms with Gasteiger partial charge in [0.1, 0.15) is 0 Å². The Hall–Kier alpha value is -0.920. The lowest BCUT2D eigenvalue weighted by atomic mass is 10.2. The zero-order chi connectivity index (χ0) is 5.98. The molecule has 1 rings (SSSR count). The van der Waals surface area contributed by atoms with Gasteiger partial charge in [-0.25, -0.2) is 0 Å². The summed E-state index contributed by atoms with van der Waals surface area (Å²) in [6, 6.07) is 8.45. The molecule has 0 aromatic heterocycles. The molecule has 0 unspecified atom stereocenters. The van der Waals surface area contributed by atoms with Crippen molar-refractivity contribution in [1.82, 2.24) is 0 Å². The van der Waals surface area contributed by atoms with E-state index in [4.69, 9.17) is 0 Å². The lowest BCUT2D eigenvalue weighted by Crippen LogP contribution is -1.71. The summed E-state index contributed by atoms with van der Waals surface area (Å²) >= 11 is 0. The molecule has 1 aromatic rings. The van der Waals surface area contributed by atoms with Gasteiger partial charge in [-0.05, 0) is 13.8 Å². The monoisotopic (exact) mass is 146 g/mol. The third-order valence-electron chi connectivity index (χ3n) is 1.17. The van der Waals surface area contributed by atoms with Crippen LogP contribution in [0.5, 0.6) is 0 Å². The van der Waals surface area contributed by atoms with E-state index in [1.54, 1.807) is 0 Å². The van der Waals surface area contributed by atoms with Gasteiger partial charge in [0.2, 0.25) is 0 Å². The molecule has 1 aromatic carbocycles. The standard InChI is InChI=1S/C8H10.2FH/c1-7-4-3-5-8(2)6-7;;/h3-6H,1-2H3;2*1H. The van der Waals surface area contributed by atoms with E-state index in [9.17, 15) is 0 Å². The maximum atomic E-state index is 2.17. The molecule has 0 fully saturated rings. The van der Waals surface area contributed by atoms with Crippen molar-refractivity contribution in [3.63, 3.8) is 0 Å². The van der Waals surface area contributed by atoms with Crippen LogP contribution in [0.3, 0.4) is 0 Å². The molecule has 0 spiro atoms. The second kappa shape index (κ2) is 4.91. The molecule has 0 saturated heterocycles. The molecule has 0 N–H and O–H groups in total. The highest BCUT2D eigenvalue weighted by atomic mass is 19.0. The minimum absolute atomic E-state index is 0. The summed E-state index contributed by atoms with van der Waals surface area (Å²) < 4.78 is 0. The molecule has 0 aliphatic rings. The maximum Gasteiger partial charge on any atom is -0.0398 e.